The molecule has 0 aliphatic carbocycles. The van der Waals surface area contributed by atoms with Crippen LogP contribution in [0.3, 0.4) is 0 Å². The summed E-state index contributed by atoms with van der Waals surface area (Å²) in [5, 5.41) is 11.8. The van der Waals surface area contributed by atoms with E-state index in [2.05, 4.69) is 46.3 Å². The van der Waals surface area contributed by atoms with Gasteiger partial charge in [-0.05, 0) is 60.2 Å². The number of ether oxygens (including phenoxy) is 1. The van der Waals surface area contributed by atoms with Crippen molar-refractivity contribution in [2.45, 2.75) is 44.9 Å². The molecule has 156 valence electrons. The van der Waals surface area contributed by atoms with Crippen LogP contribution in [0.5, 0.6) is 0 Å². The Morgan fingerprint density at radius 3 is 2.83 bits per heavy atom. The van der Waals surface area contributed by atoms with Crippen LogP contribution in [0, 0.1) is 11.8 Å². The minimum Gasteiger partial charge on any atom is -0.395 e. The van der Waals surface area contributed by atoms with Gasteiger partial charge in [-0.15, -0.1) is 0 Å². The van der Waals surface area contributed by atoms with E-state index in [9.17, 15) is 4.79 Å². The average Bonchev–Trinajstić information content (AvgIpc) is 3.30. The number of anilines is 1. The van der Waals surface area contributed by atoms with E-state index in [0.717, 1.165) is 50.1 Å². The van der Waals surface area contributed by atoms with Gasteiger partial charge in [0.2, 0.25) is 0 Å². The molecule has 2 aromatic rings. The third-order valence-corrected chi connectivity index (χ3v) is 5.62. The molecule has 1 fully saturated rings. The maximum atomic E-state index is 12.3. The molecule has 2 aliphatic heterocycles. The third-order valence-electron chi connectivity index (χ3n) is 5.62. The lowest BCUT2D eigenvalue weighted by Gasteiger charge is -2.29. The van der Waals surface area contributed by atoms with Crippen molar-refractivity contribution in [2.24, 2.45) is 0 Å². The summed E-state index contributed by atoms with van der Waals surface area (Å²) in [7, 11) is 0. The Labute approximate surface area is 178 Å². The second-order valence-corrected chi connectivity index (χ2v) is 7.91. The Kier molecular flexibility index (Phi) is 6.81. The molecular formula is C25H28N2O3. The summed E-state index contributed by atoms with van der Waals surface area (Å²) in [5.41, 5.74) is 5.72. The van der Waals surface area contributed by atoms with Gasteiger partial charge in [-0.1, -0.05) is 30.0 Å². The predicted octanol–water partition coefficient (Wildman–Crippen LogP) is 3.10. The zero-order valence-electron chi connectivity index (χ0n) is 17.2. The molecule has 1 atom stereocenters. The number of carbonyl (C=O) groups excluding carboxylic acids is 1. The van der Waals surface area contributed by atoms with E-state index in [0.29, 0.717) is 13.0 Å². The van der Waals surface area contributed by atoms with Gasteiger partial charge in [0.1, 0.15) is 6.10 Å². The number of hydrogen-bond donors (Lipinski definition) is 2. The molecule has 1 unspecified atom stereocenters. The maximum absolute atomic E-state index is 12.3. The van der Waals surface area contributed by atoms with Gasteiger partial charge in [0, 0.05) is 43.9 Å². The molecule has 0 aromatic heterocycles. The first-order valence-corrected chi connectivity index (χ1v) is 10.7. The van der Waals surface area contributed by atoms with Crippen LogP contribution in [-0.4, -0.2) is 41.8 Å². The first-order valence-electron chi connectivity index (χ1n) is 10.7. The lowest BCUT2D eigenvalue weighted by molar-refractivity contribution is -0.124. The molecule has 4 rings (SSSR count). The monoisotopic (exact) mass is 404 g/mol. The van der Waals surface area contributed by atoms with Crippen LogP contribution in [0.15, 0.2) is 42.5 Å². The summed E-state index contributed by atoms with van der Waals surface area (Å²) in [6.45, 7) is 3.55. The van der Waals surface area contributed by atoms with Gasteiger partial charge in [0.05, 0.1) is 6.61 Å². The molecule has 30 heavy (non-hydrogen) atoms. The summed E-state index contributed by atoms with van der Waals surface area (Å²) < 4.78 is 5.48. The highest BCUT2D eigenvalue weighted by Gasteiger charge is 2.24. The minimum absolute atomic E-state index is 0.0395. The first-order chi connectivity index (χ1) is 14.7. The number of aliphatic hydroxyl groups excluding tert-OH is 1. The van der Waals surface area contributed by atoms with Crippen LogP contribution in [0.25, 0.3) is 0 Å². The van der Waals surface area contributed by atoms with Crippen LogP contribution >= 0.6 is 0 Å². The zero-order valence-corrected chi connectivity index (χ0v) is 17.2. The van der Waals surface area contributed by atoms with E-state index in [-0.39, 0.29) is 18.6 Å². The summed E-state index contributed by atoms with van der Waals surface area (Å²) >= 11 is 0. The highest BCUT2D eigenvalue weighted by molar-refractivity contribution is 5.94. The van der Waals surface area contributed by atoms with Crippen LogP contribution < -0.4 is 5.32 Å². The maximum Gasteiger partial charge on any atom is 0.253 e. The molecule has 5 heteroatoms. The molecule has 0 radical (unpaired) electrons. The molecule has 1 saturated heterocycles. The van der Waals surface area contributed by atoms with Crippen molar-refractivity contribution in [2.75, 3.05) is 25.1 Å². The van der Waals surface area contributed by atoms with Gasteiger partial charge in [-0.2, -0.15) is 0 Å². The molecule has 2 N–H and O–H groups in total. The van der Waals surface area contributed by atoms with Crippen molar-refractivity contribution in [3.8, 4) is 11.8 Å². The SMILES string of the molecule is O=C(Nc1ccc2c(c1)CN(Cc1ccc(C#CCCO)cc1)CC2)C1CCCO1. The van der Waals surface area contributed by atoms with Crippen molar-refractivity contribution < 1.29 is 14.6 Å². The Morgan fingerprint density at radius 2 is 2.07 bits per heavy atom. The van der Waals surface area contributed by atoms with Crippen molar-refractivity contribution in [1.29, 1.82) is 0 Å². The lowest BCUT2D eigenvalue weighted by atomic mass is 9.98. The fourth-order valence-electron chi connectivity index (χ4n) is 4.01. The van der Waals surface area contributed by atoms with E-state index >= 15 is 0 Å². The van der Waals surface area contributed by atoms with Crippen molar-refractivity contribution in [3.05, 3.63) is 64.7 Å². The van der Waals surface area contributed by atoms with Crippen molar-refractivity contribution in [1.82, 2.24) is 4.90 Å². The fourth-order valence-corrected chi connectivity index (χ4v) is 4.01. The number of nitrogens with one attached hydrogen (secondary N) is 1. The lowest BCUT2D eigenvalue weighted by Crippen LogP contribution is -2.30. The topological polar surface area (TPSA) is 61.8 Å². The van der Waals surface area contributed by atoms with Gasteiger partial charge < -0.3 is 15.2 Å². The molecule has 0 bridgehead atoms. The summed E-state index contributed by atoms with van der Waals surface area (Å²) in [4.78, 5) is 14.8. The van der Waals surface area contributed by atoms with Crippen LogP contribution in [0.4, 0.5) is 5.69 Å². The number of rotatable bonds is 5. The number of carbonyl (C=O) groups is 1. The summed E-state index contributed by atoms with van der Waals surface area (Å²) in [6.07, 6.45) is 2.96. The fraction of sp³-hybridized carbons (Fsp3) is 0.400. The molecule has 2 aliphatic rings. The molecular weight excluding hydrogens is 376 g/mol. The Morgan fingerprint density at radius 1 is 1.20 bits per heavy atom. The van der Waals surface area contributed by atoms with Crippen LogP contribution in [0.1, 0.15) is 41.5 Å². The number of hydrogen-bond acceptors (Lipinski definition) is 4. The Hall–Kier alpha value is -2.65. The third kappa shape index (κ3) is 5.28. The normalized spacial score (nSPS) is 18.4. The number of aliphatic hydroxyl groups is 1. The highest BCUT2D eigenvalue weighted by Crippen LogP contribution is 2.24. The number of nitrogens with zero attached hydrogens (tertiary/aromatic N) is 1. The summed E-state index contributed by atoms with van der Waals surface area (Å²) in [6, 6.07) is 14.6. The molecule has 0 spiro atoms. The van der Waals surface area contributed by atoms with Gasteiger partial charge in [-0.25, -0.2) is 0 Å². The molecule has 2 heterocycles. The minimum atomic E-state index is -0.311. The van der Waals surface area contributed by atoms with E-state index < -0.39 is 0 Å². The Balaban J connectivity index is 1.36. The second kappa shape index (κ2) is 9.90. The van der Waals surface area contributed by atoms with E-state index in [1.165, 1.54) is 16.7 Å². The van der Waals surface area contributed by atoms with Crippen LogP contribution in [0.2, 0.25) is 0 Å². The largest absolute Gasteiger partial charge is 0.395 e. The van der Waals surface area contributed by atoms with Gasteiger partial charge >= 0.3 is 0 Å². The van der Waals surface area contributed by atoms with Gasteiger partial charge in [0.15, 0.2) is 0 Å². The molecule has 0 saturated carbocycles. The number of benzene rings is 2. The predicted molar refractivity (Wildman–Crippen MR) is 117 cm³/mol. The van der Waals surface area contributed by atoms with Crippen molar-refractivity contribution >= 4 is 11.6 Å². The number of amides is 1. The van der Waals surface area contributed by atoms with E-state index in [1.54, 1.807) is 0 Å². The van der Waals surface area contributed by atoms with Gasteiger partial charge in [-0.3, -0.25) is 9.69 Å². The average molecular weight is 405 g/mol. The molecule has 1 amide bonds. The number of fused-ring (bicyclic) bond motifs is 1. The molecule has 5 nitrogen and oxygen atoms in total. The smallest absolute Gasteiger partial charge is 0.253 e. The van der Waals surface area contributed by atoms with E-state index in [4.69, 9.17) is 9.84 Å². The highest BCUT2D eigenvalue weighted by atomic mass is 16.5. The standard InChI is InChI=1S/C25H28N2O3/c28-14-2-1-4-19-6-8-20(9-7-19)17-27-13-12-21-10-11-23(16-22(21)18-27)26-25(29)24-5-3-15-30-24/h6-11,16,24,28H,2-3,5,12-15,17-18H2,(H,26,29). The van der Waals surface area contributed by atoms with Gasteiger partial charge in [0.25, 0.3) is 5.91 Å². The van der Waals surface area contributed by atoms with E-state index in [1.807, 2.05) is 18.2 Å². The van der Waals surface area contributed by atoms with Crippen LogP contribution in [-0.2, 0) is 29.0 Å². The quantitative estimate of drug-likeness (QED) is 0.752. The second-order valence-electron chi connectivity index (χ2n) is 7.91. The first kappa shape index (κ1) is 20.6. The Bertz CT molecular complexity index is 937. The van der Waals surface area contributed by atoms with Crippen molar-refractivity contribution in [3.63, 3.8) is 0 Å². The molecule has 2 aromatic carbocycles. The summed E-state index contributed by atoms with van der Waals surface area (Å²) in [5.74, 6) is 5.98. The zero-order chi connectivity index (χ0) is 20.8.